The van der Waals surface area contributed by atoms with Gasteiger partial charge in [-0.05, 0) is 18.4 Å². The highest BCUT2D eigenvalue weighted by Crippen LogP contribution is 2.19. The highest BCUT2D eigenvalue weighted by molar-refractivity contribution is 6.10. The minimum atomic E-state index is -0.0250. The SMILES string of the molecule is C=C1CCCN2CC(=O)N=C12. The van der Waals surface area contributed by atoms with E-state index < -0.39 is 0 Å². The lowest BCUT2D eigenvalue weighted by atomic mass is 10.1. The van der Waals surface area contributed by atoms with Crippen LogP contribution in [0.4, 0.5) is 0 Å². The van der Waals surface area contributed by atoms with Crippen LogP contribution in [0.25, 0.3) is 0 Å². The zero-order valence-electron chi connectivity index (χ0n) is 6.34. The molecule has 2 aliphatic rings. The quantitative estimate of drug-likeness (QED) is 0.506. The molecule has 1 amide bonds. The molecule has 0 saturated carbocycles. The molecule has 1 saturated heterocycles. The molecule has 0 N–H and O–H groups in total. The molecule has 0 radical (unpaired) electrons. The van der Waals surface area contributed by atoms with Crippen LogP contribution in [0.5, 0.6) is 0 Å². The van der Waals surface area contributed by atoms with Crippen LogP contribution in [-0.2, 0) is 4.79 Å². The molecule has 0 aromatic heterocycles. The Labute approximate surface area is 65.4 Å². The molecule has 0 aromatic rings. The summed E-state index contributed by atoms with van der Waals surface area (Å²) in [5.74, 6) is 0.810. The molecule has 0 aliphatic carbocycles. The second-order valence-corrected chi connectivity index (χ2v) is 2.96. The molecule has 3 heteroatoms. The van der Waals surface area contributed by atoms with E-state index in [4.69, 9.17) is 0 Å². The fourth-order valence-electron chi connectivity index (χ4n) is 1.55. The number of hydrogen-bond donors (Lipinski definition) is 0. The number of rotatable bonds is 0. The Balaban J connectivity index is 2.29. The second kappa shape index (κ2) is 2.19. The monoisotopic (exact) mass is 150 g/mol. The molecule has 0 bridgehead atoms. The van der Waals surface area contributed by atoms with Crippen molar-refractivity contribution in [2.24, 2.45) is 4.99 Å². The van der Waals surface area contributed by atoms with Crippen molar-refractivity contribution >= 4 is 11.7 Å². The van der Waals surface area contributed by atoms with Gasteiger partial charge in [0.15, 0.2) is 0 Å². The number of amidine groups is 1. The summed E-state index contributed by atoms with van der Waals surface area (Å²) in [6.07, 6.45) is 2.09. The summed E-state index contributed by atoms with van der Waals surface area (Å²) >= 11 is 0. The third kappa shape index (κ3) is 0.964. The van der Waals surface area contributed by atoms with Crippen LogP contribution in [0.15, 0.2) is 17.1 Å². The van der Waals surface area contributed by atoms with E-state index in [-0.39, 0.29) is 5.91 Å². The Kier molecular flexibility index (Phi) is 1.31. The van der Waals surface area contributed by atoms with E-state index in [2.05, 4.69) is 11.6 Å². The number of fused-ring (bicyclic) bond motifs is 1. The number of piperidine rings is 1. The van der Waals surface area contributed by atoms with Gasteiger partial charge in [-0.2, -0.15) is 4.99 Å². The van der Waals surface area contributed by atoms with Gasteiger partial charge in [-0.15, -0.1) is 0 Å². The molecule has 58 valence electrons. The fourth-order valence-corrected chi connectivity index (χ4v) is 1.55. The van der Waals surface area contributed by atoms with Gasteiger partial charge in [-0.1, -0.05) is 6.58 Å². The van der Waals surface area contributed by atoms with Crippen molar-refractivity contribution in [3.05, 3.63) is 12.2 Å². The van der Waals surface area contributed by atoms with Crippen molar-refractivity contribution in [2.45, 2.75) is 12.8 Å². The first-order chi connectivity index (χ1) is 5.27. The highest BCUT2D eigenvalue weighted by atomic mass is 16.2. The summed E-state index contributed by atoms with van der Waals surface area (Å²) in [4.78, 5) is 16.8. The Morgan fingerprint density at radius 2 is 2.36 bits per heavy atom. The number of carbonyl (C=O) groups excluding carboxylic acids is 1. The third-order valence-corrected chi connectivity index (χ3v) is 2.08. The molecule has 0 unspecified atom stereocenters. The summed E-state index contributed by atoms with van der Waals surface area (Å²) in [6.45, 7) is 5.30. The summed E-state index contributed by atoms with van der Waals surface area (Å²) in [7, 11) is 0. The second-order valence-electron chi connectivity index (χ2n) is 2.96. The average Bonchev–Trinajstić information content (AvgIpc) is 2.31. The van der Waals surface area contributed by atoms with E-state index in [0.717, 1.165) is 30.8 Å². The Morgan fingerprint density at radius 3 is 3.09 bits per heavy atom. The molecule has 2 heterocycles. The molecule has 11 heavy (non-hydrogen) atoms. The average molecular weight is 150 g/mol. The molecule has 2 rings (SSSR count). The molecule has 2 aliphatic heterocycles. The van der Waals surface area contributed by atoms with Gasteiger partial charge in [0.2, 0.25) is 0 Å². The number of amides is 1. The van der Waals surface area contributed by atoms with Gasteiger partial charge in [-0.25, -0.2) is 0 Å². The number of aliphatic imine (C=N–C) groups is 1. The molecule has 3 nitrogen and oxygen atoms in total. The van der Waals surface area contributed by atoms with Gasteiger partial charge in [0.25, 0.3) is 5.91 Å². The normalized spacial score (nSPS) is 23.6. The zero-order chi connectivity index (χ0) is 7.84. The third-order valence-electron chi connectivity index (χ3n) is 2.08. The predicted molar refractivity (Wildman–Crippen MR) is 42.4 cm³/mol. The fraction of sp³-hybridized carbons (Fsp3) is 0.500. The van der Waals surface area contributed by atoms with Gasteiger partial charge in [-0.3, -0.25) is 4.79 Å². The van der Waals surface area contributed by atoms with Crippen LogP contribution < -0.4 is 0 Å². The largest absolute Gasteiger partial charge is 0.347 e. The van der Waals surface area contributed by atoms with Crippen LogP contribution >= 0.6 is 0 Å². The molecule has 0 atom stereocenters. The maximum Gasteiger partial charge on any atom is 0.267 e. The van der Waals surface area contributed by atoms with Crippen molar-refractivity contribution in [3.63, 3.8) is 0 Å². The summed E-state index contributed by atoms with van der Waals surface area (Å²) < 4.78 is 0. The van der Waals surface area contributed by atoms with Crippen molar-refractivity contribution in [2.75, 3.05) is 13.1 Å². The van der Waals surface area contributed by atoms with Crippen molar-refractivity contribution in [3.8, 4) is 0 Å². The van der Waals surface area contributed by atoms with E-state index in [1.165, 1.54) is 0 Å². The number of carbonyl (C=O) groups is 1. The Hall–Kier alpha value is -1.12. The van der Waals surface area contributed by atoms with E-state index in [0.29, 0.717) is 6.54 Å². The summed E-state index contributed by atoms with van der Waals surface area (Å²) in [6, 6.07) is 0. The maximum absolute atomic E-state index is 10.9. The van der Waals surface area contributed by atoms with E-state index in [9.17, 15) is 4.79 Å². The Morgan fingerprint density at radius 1 is 1.55 bits per heavy atom. The summed E-state index contributed by atoms with van der Waals surface area (Å²) in [5.41, 5.74) is 1.02. The first kappa shape index (κ1) is 6.58. The van der Waals surface area contributed by atoms with Gasteiger partial charge in [0.1, 0.15) is 12.4 Å². The smallest absolute Gasteiger partial charge is 0.267 e. The topological polar surface area (TPSA) is 32.7 Å². The Bertz CT molecular complexity index is 255. The van der Waals surface area contributed by atoms with Gasteiger partial charge in [0.05, 0.1) is 0 Å². The lowest BCUT2D eigenvalue weighted by Gasteiger charge is -2.25. The minimum Gasteiger partial charge on any atom is -0.347 e. The standard InChI is InChI=1S/C8H10N2O/c1-6-3-2-4-10-5-7(11)9-8(6)10/h1-5H2. The zero-order valence-corrected chi connectivity index (χ0v) is 6.34. The number of nitrogens with zero attached hydrogens (tertiary/aromatic N) is 2. The van der Waals surface area contributed by atoms with E-state index >= 15 is 0 Å². The minimum absolute atomic E-state index is 0.0250. The van der Waals surface area contributed by atoms with Crippen molar-refractivity contribution in [1.29, 1.82) is 0 Å². The maximum atomic E-state index is 10.9. The van der Waals surface area contributed by atoms with Crippen LogP contribution in [0.1, 0.15) is 12.8 Å². The van der Waals surface area contributed by atoms with Crippen LogP contribution in [-0.4, -0.2) is 29.7 Å². The number of hydrogen-bond acceptors (Lipinski definition) is 2. The van der Waals surface area contributed by atoms with E-state index in [1.807, 2.05) is 4.90 Å². The molecule has 1 fully saturated rings. The summed E-state index contributed by atoms with van der Waals surface area (Å²) in [5, 5.41) is 0. The molecular weight excluding hydrogens is 140 g/mol. The van der Waals surface area contributed by atoms with Gasteiger partial charge >= 0.3 is 0 Å². The van der Waals surface area contributed by atoms with Crippen molar-refractivity contribution < 1.29 is 4.79 Å². The van der Waals surface area contributed by atoms with Crippen LogP contribution in [0, 0.1) is 0 Å². The predicted octanol–water partition coefficient (Wildman–Crippen LogP) is 0.577. The molecule has 0 spiro atoms. The first-order valence-electron chi connectivity index (χ1n) is 3.82. The molecule has 0 aromatic carbocycles. The molecular formula is C8H10N2O. The first-order valence-corrected chi connectivity index (χ1v) is 3.82. The van der Waals surface area contributed by atoms with Gasteiger partial charge in [0, 0.05) is 6.54 Å². The lowest BCUT2D eigenvalue weighted by Crippen LogP contribution is -2.34. The van der Waals surface area contributed by atoms with Gasteiger partial charge < -0.3 is 4.90 Å². The van der Waals surface area contributed by atoms with Crippen molar-refractivity contribution in [1.82, 2.24) is 4.90 Å². The highest BCUT2D eigenvalue weighted by Gasteiger charge is 2.27. The van der Waals surface area contributed by atoms with E-state index in [1.54, 1.807) is 0 Å². The lowest BCUT2D eigenvalue weighted by molar-refractivity contribution is -0.117. The van der Waals surface area contributed by atoms with Crippen LogP contribution in [0.2, 0.25) is 0 Å². The van der Waals surface area contributed by atoms with Crippen LogP contribution in [0.3, 0.4) is 0 Å².